The highest BCUT2D eigenvalue weighted by Gasteiger charge is 2.13. The standard InChI is InChI=1S/C22H21N3O3/c26-22(17-5-4-8-20(15-17)28-19-6-2-1-3-7-19)24-18-9-10-21(23-16-18)25-11-13-27-14-12-25/h1-10,15-16H,11-14H2,(H,24,26). The molecule has 1 aromatic heterocycles. The smallest absolute Gasteiger partial charge is 0.255 e. The van der Waals surface area contributed by atoms with Crippen molar-refractivity contribution in [2.45, 2.75) is 0 Å². The summed E-state index contributed by atoms with van der Waals surface area (Å²) in [6.45, 7) is 3.07. The molecule has 0 radical (unpaired) electrons. The Hall–Kier alpha value is -3.38. The van der Waals surface area contributed by atoms with Gasteiger partial charge in [0.15, 0.2) is 0 Å². The van der Waals surface area contributed by atoms with Gasteiger partial charge in [-0.1, -0.05) is 24.3 Å². The highest BCUT2D eigenvalue weighted by molar-refractivity contribution is 6.04. The number of hydrogen-bond acceptors (Lipinski definition) is 5. The first-order chi connectivity index (χ1) is 13.8. The predicted octanol–water partition coefficient (Wildman–Crippen LogP) is 3.96. The molecular formula is C22H21N3O3. The number of para-hydroxylation sites is 1. The lowest BCUT2D eigenvalue weighted by molar-refractivity contribution is 0.102. The molecule has 1 amide bonds. The van der Waals surface area contributed by atoms with Crippen molar-refractivity contribution in [3.8, 4) is 11.5 Å². The number of nitrogens with one attached hydrogen (secondary N) is 1. The topological polar surface area (TPSA) is 63.7 Å². The van der Waals surface area contributed by atoms with E-state index in [1.165, 1.54) is 0 Å². The van der Waals surface area contributed by atoms with Crippen LogP contribution in [-0.2, 0) is 4.74 Å². The molecule has 3 aromatic rings. The van der Waals surface area contributed by atoms with E-state index in [1.807, 2.05) is 48.5 Å². The number of pyridine rings is 1. The zero-order valence-corrected chi connectivity index (χ0v) is 15.4. The summed E-state index contributed by atoms with van der Waals surface area (Å²) in [6.07, 6.45) is 1.67. The zero-order chi connectivity index (χ0) is 19.2. The fraction of sp³-hybridized carbons (Fsp3) is 0.182. The molecule has 1 N–H and O–H groups in total. The van der Waals surface area contributed by atoms with Gasteiger partial charge in [-0.25, -0.2) is 4.98 Å². The Morgan fingerprint density at radius 3 is 2.50 bits per heavy atom. The van der Waals surface area contributed by atoms with E-state index >= 15 is 0 Å². The molecular weight excluding hydrogens is 354 g/mol. The Balaban J connectivity index is 1.41. The normalized spacial score (nSPS) is 13.8. The van der Waals surface area contributed by atoms with Crippen LogP contribution in [0.2, 0.25) is 0 Å². The number of hydrogen-bond donors (Lipinski definition) is 1. The summed E-state index contributed by atoms with van der Waals surface area (Å²) in [5, 5.41) is 2.88. The van der Waals surface area contributed by atoms with Crippen LogP contribution in [0.5, 0.6) is 11.5 Å². The molecule has 6 heteroatoms. The molecule has 1 saturated heterocycles. The van der Waals surface area contributed by atoms with Gasteiger partial charge >= 0.3 is 0 Å². The number of amides is 1. The van der Waals surface area contributed by atoms with Crippen LogP contribution in [0.15, 0.2) is 72.9 Å². The summed E-state index contributed by atoms with van der Waals surface area (Å²) < 4.78 is 11.2. The Morgan fingerprint density at radius 2 is 1.75 bits per heavy atom. The highest BCUT2D eigenvalue weighted by atomic mass is 16.5. The number of benzene rings is 2. The monoisotopic (exact) mass is 375 g/mol. The van der Waals surface area contributed by atoms with Crippen LogP contribution in [0.3, 0.4) is 0 Å². The third-order valence-corrected chi connectivity index (χ3v) is 4.42. The maximum atomic E-state index is 12.6. The van der Waals surface area contributed by atoms with E-state index in [9.17, 15) is 4.79 Å². The van der Waals surface area contributed by atoms with Crippen molar-refractivity contribution >= 4 is 17.4 Å². The second-order valence-corrected chi connectivity index (χ2v) is 6.40. The molecule has 1 aliphatic rings. The number of nitrogens with zero attached hydrogens (tertiary/aromatic N) is 2. The average Bonchev–Trinajstić information content (AvgIpc) is 2.76. The van der Waals surface area contributed by atoms with Crippen LogP contribution in [0.25, 0.3) is 0 Å². The van der Waals surface area contributed by atoms with Gasteiger partial charge in [-0.15, -0.1) is 0 Å². The molecule has 142 valence electrons. The molecule has 28 heavy (non-hydrogen) atoms. The Morgan fingerprint density at radius 1 is 0.964 bits per heavy atom. The molecule has 0 atom stereocenters. The molecule has 0 aliphatic carbocycles. The molecule has 2 heterocycles. The number of rotatable bonds is 5. The largest absolute Gasteiger partial charge is 0.457 e. The summed E-state index contributed by atoms with van der Waals surface area (Å²) >= 11 is 0. The summed E-state index contributed by atoms with van der Waals surface area (Å²) in [5.41, 5.74) is 1.17. The van der Waals surface area contributed by atoms with E-state index in [0.717, 1.165) is 24.7 Å². The van der Waals surface area contributed by atoms with Crippen molar-refractivity contribution in [2.24, 2.45) is 0 Å². The maximum absolute atomic E-state index is 12.6. The van der Waals surface area contributed by atoms with Crippen LogP contribution < -0.4 is 15.0 Å². The minimum atomic E-state index is -0.209. The van der Waals surface area contributed by atoms with Crippen LogP contribution in [-0.4, -0.2) is 37.2 Å². The number of ether oxygens (including phenoxy) is 2. The van der Waals surface area contributed by atoms with Gasteiger partial charge in [0.1, 0.15) is 17.3 Å². The van der Waals surface area contributed by atoms with Gasteiger partial charge in [-0.3, -0.25) is 4.79 Å². The lowest BCUT2D eigenvalue weighted by atomic mass is 10.2. The highest BCUT2D eigenvalue weighted by Crippen LogP contribution is 2.22. The van der Waals surface area contributed by atoms with Crippen molar-refractivity contribution in [1.29, 1.82) is 0 Å². The van der Waals surface area contributed by atoms with Gasteiger partial charge in [-0.05, 0) is 42.5 Å². The summed E-state index contributed by atoms with van der Waals surface area (Å²) in [4.78, 5) is 19.2. The van der Waals surface area contributed by atoms with E-state index in [0.29, 0.717) is 30.2 Å². The van der Waals surface area contributed by atoms with Crippen molar-refractivity contribution in [3.05, 3.63) is 78.5 Å². The number of carbonyl (C=O) groups excluding carboxylic acids is 1. The molecule has 4 rings (SSSR count). The number of aromatic nitrogens is 1. The summed E-state index contributed by atoms with van der Waals surface area (Å²) in [6, 6.07) is 20.3. The van der Waals surface area contributed by atoms with Crippen molar-refractivity contribution < 1.29 is 14.3 Å². The van der Waals surface area contributed by atoms with Gasteiger partial charge in [-0.2, -0.15) is 0 Å². The van der Waals surface area contributed by atoms with Crippen molar-refractivity contribution in [2.75, 3.05) is 36.5 Å². The average molecular weight is 375 g/mol. The van der Waals surface area contributed by atoms with E-state index in [1.54, 1.807) is 24.4 Å². The molecule has 1 aliphatic heterocycles. The minimum Gasteiger partial charge on any atom is -0.457 e. The first-order valence-corrected chi connectivity index (χ1v) is 9.21. The van der Waals surface area contributed by atoms with Gasteiger partial charge in [0.05, 0.1) is 25.1 Å². The van der Waals surface area contributed by atoms with Gasteiger partial charge in [0.25, 0.3) is 5.91 Å². The Kier molecular flexibility index (Phi) is 5.49. The van der Waals surface area contributed by atoms with E-state index in [4.69, 9.17) is 9.47 Å². The third kappa shape index (κ3) is 4.47. The van der Waals surface area contributed by atoms with Crippen LogP contribution in [0.4, 0.5) is 11.5 Å². The first-order valence-electron chi connectivity index (χ1n) is 9.21. The minimum absolute atomic E-state index is 0.209. The van der Waals surface area contributed by atoms with E-state index in [-0.39, 0.29) is 5.91 Å². The van der Waals surface area contributed by atoms with Gasteiger partial charge < -0.3 is 19.7 Å². The zero-order valence-electron chi connectivity index (χ0n) is 15.4. The molecule has 0 spiro atoms. The molecule has 0 bridgehead atoms. The molecule has 0 unspecified atom stereocenters. The molecule has 6 nitrogen and oxygen atoms in total. The van der Waals surface area contributed by atoms with E-state index < -0.39 is 0 Å². The lowest BCUT2D eigenvalue weighted by Gasteiger charge is -2.27. The number of anilines is 2. The summed E-state index contributed by atoms with van der Waals surface area (Å²) in [5.74, 6) is 2.02. The molecule has 1 fully saturated rings. The fourth-order valence-electron chi connectivity index (χ4n) is 2.97. The Labute approximate surface area is 163 Å². The van der Waals surface area contributed by atoms with Crippen molar-refractivity contribution in [1.82, 2.24) is 4.98 Å². The molecule has 0 saturated carbocycles. The van der Waals surface area contributed by atoms with Gasteiger partial charge in [0, 0.05) is 18.7 Å². The number of carbonyl (C=O) groups is 1. The van der Waals surface area contributed by atoms with Crippen LogP contribution in [0.1, 0.15) is 10.4 Å². The van der Waals surface area contributed by atoms with Crippen molar-refractivity contribution in [3.63, 3.8) is 0 Å². The quantitative estimate of drug-likeness (QED) is 0.731. The molecule has 2 aromatic carbocycles. The van der Waals surface area contributed by atoms with Crippen LogP contribution >= 0.6 is 0 Å². The maximum Gasteiger partial charge on any atom is 0.255 e. The predicted molar refractivity (Wildman–Crippen MR) is 108 cm³/mol. The van der Waals surface area contributed by atoms with Crippen LogP contribution in [0, 0.1) is 0 Å². The lowest BCUT2D eigenvalue weighted by Crippen LogP contribution is -2.36. The number of morpholine rings is 1. The third-order valence-electron chi connectivity index (χ3n) is 4.42. The summed E-state index contributed by atoms with van der Waals surface area (Å²) in [7, 11) is 0. The Bertz CT molecular complexity index is 923. The first kappa shape index (κ1) is 18.0. The van der Waals surface area contributed by atoms with Gasteiger partial charge in [0.2, 0.25) is 0 Å². The van der Waals surface area contributed by atoms with E-state index in [2.05, 4.69) is 15.2 Å². The fourth-order valence-corrected chi connectivity index (χ4v) is 2.97. The SMILES string of the molecule is O=C(Nc1ccc(N2CCOCC2)nc1)c1cccc(Oc2ccccc2)c1. The second-order valence-electron chi connectivity index (χ2n) is 6.40. The second kappa shape index (κ2) is 8.54.